The van der Waals surface area contributed by atoms with Gasteiger partial charge >= 0.3 is 11.9 Å². The number of hydrogen-bond donors (Lipinski definition) is 0. The Balaban J connectivity index is 1.93. The van der Waals surface area contributed by atoms with Gasteiger partial charge < -0.3 is 14.4 Å². The summed E-state index contributed by atoms with van der Waals surface area (Å²) in [4.78, 5) is 26.1. The molecule has 3 aromatic rings. The van der Waals surface area contributed by atoms with Gasteiger partial charge in [-0.15, -0.1) is 0 Å². The highest BCUT2D eigenvalue weighted by Crippen LogP contribution is 2.25. The summed E-state index contributed by atoms with van der Waals surface area (Å²) in [5, 5.41) is 2.38. The minimum atomic E-state index is -0.733. The monoisotopic (exact) mass is 389 g/mol. The zero-order chi connectivity index (χ0) is 20.8. The lowest BCUT2D eigenvalue weighted by Gasteiger charge is -2.22. The Labute approximate surface area is 170 Å². The number of ether oxygens (including phenoxy) is 2. The van der Waals surface area contributed by atoms with E-state index in [2.05, 4.69) is 35.2 Å². The molecule has 0 radical (unpaired) electrons. The van der Waals surface area contributed by atoms with Crippen LogP contribution in [-0.2, 0) is 25.6 Å². The molecule has 0 aliphatic carbocycles. The quantitative estimate of drug-likeness (QED) is 0.274. The highest BCUT2D eigenvalue weighted by molar-refractivity contribution is 6.18. The van der Waals surface area contributed by atoms with Gasteiger partial charge in [0.15, 0.2) is 0 Å². The second-order valence-corrected chi connectivity index (χ2v) is 6.64. The largest absolute Gasteiger partial charge is 0.465 e. The molecule has 3 aromatic carbocycles. The Morgan fingerprint density at radius 3 is 2.17 bits per heavy atom. The van der Waals surface area contributed by atoms with Crippen molar-refractivity contribution >= 4 is 34.5 Å². The Hall–Kier alpha value is -3.60. The van der Waals surface area contributed by atoms with Gasteiger partial charge in [-0.1, -0.05) is 54.6 Å². The molecule has 5 heteroatoms. The molecular formula is C24H23NO4. The van der Waals surface area contributed by atoms with Gasteiger partial charge in [0.2, 0.25) is 0 Å². The van der Waals surface area contributed by atoms with Crippen molar-refractivity contribution in [3.63, 3.8) is 0 Å². The molecule has 0 spiro atoms. The van der Waals surface area contributed by atoms with E-state index in [1.54, 1.807) is 0 Å². The van der Waals surface area contributed by atoms with Crippen molar-refractivity contribution in [3.05, 3.63) is 83.4 Å². The number of fused-ring (bicyclic) bond motifs is 1. The normalized spacial score (nSPS) is 10.3. The number of carbonyl (C=O) groups excluding carboxylic acids is 2. The lowest BCUT2D eigenvalue weighted by Crippen LogP contribution is -2.18. The summed E-state index contributed by atoms with van der Waals surface area (Å²) < 4.78 is 9.45. The SMILES string of the molecule is COC(=O)C(=Cc1ccccc1N(C)Cc1ccc2ccccc2c1)C(=O)OC. The molecule has 0 fully saturated rings. The fraction of sp³-hybridized carbons (Fsp3) is 0.167. The number of methoxy groups -OCH3 is 2. The summed E-state index contributed by atoms with van der Waals surface area (Å²) >= 11 is 0. The number of hydrogen-bond acceptors (Lipinski definition) is 5. The summed E-state index contributed by atoms with van der Waals surface area (Å²) in [7, 11) is 4.44. The lowest BCUT2D eigenvalue weighted by molar-refractivity contribution is -0.143. The standard InChI is InChI=1S/C24H23NO4/c1-25(16-17-12-13-18-8-4-5-9-19(18)14-17)22-11-7-6-10-20(22)15-21(23(26)28-2)24(27)29-3/h4-15H,16H2,1-3H3. The van der Waals surface area contributed by atoms with Crippen LogP contribution in [0.1, 0.15) is 11.1 Å². The van der Waals surface area contributed by atoms with Gasteiger partial charge in [0.05, 0.1) is 14.2 Å². The lowest BCUT2D eigenvalue weighted by atomic mass is 10.1. The Kier molecular flexibility index (Phi) is 6.29. The van der Waals surface area contributed by atoms with Crippen LogP contribution in [0.5, 0.6) is 0 Å². The molecule has 0 bridgehead atoms. The van der Waals surface area contributed by atoms with E-state index in [0.29, 0.717) is 6.54 Å². The molecule has 0 N–H and O–H groups in total. The Morgan fingerprint density at radius 2 is 1.48 bits per heavy atom. The highest BCUT2D eigenvalue weighted by Gasteiger charge is 2.20. The molecule has 0 amide bonds. The fourth-order valence-electron chi connectivity index (χ4n) is 3.23. The van der Waals surface area contributed by atoms with Gasteiger partial charge in [0.25, 0.3) is 0 Å². The highest BCUT2D eigenvalue weighted by atomic mass is 16.5. The van der Waals surface area contributed by atoms with Crippen molar-refractivity contribution in [1.29, 1.82) is 0 Å². The minimum Gasteiger partial charge on any atom is -0.465 e. The van der Waals surface area contributed by atoms with E-state index in [0.717, 1.165) is 16.8 Å². The van der Waals surface area contributed by atoms with Crippen LogP contribution >= 0.6 is 0 Å². The molecule has 148 valence electrons. The van der Waals surface area contributed by atoms with E-state index in [1.807, 2.05) is 43.4 Å². The predicted molar refractivity (Wildman–Crippen MR) is 115 cm³/mol. The number of nitrogens with zero attached hydrogens (tertiary/aromatic N) is 1. The Bertz CT molecular complexity index is 1050. The van der Waals surface area contributed by atoms with Gasteiger partial charge in [-0.25, -0.2) is 9.59 Å². The third kappa shape index (κ3) is 4.63. The van der Waals surface area contributed by atoms with Crippen LogP contribution in [0, 0.1) is 0 Å². The van der Waals surface area contributed by atoms with Crippen LogP contribution in [0.4, 0.5) is 5.69 Å². The maximum Gasteiger partial charge on any atom is 0.345 e. The molecule has 0 saturated carbocycles. The molecule has 29 heavy (non-hydrogen) atoms. The van der Waals surface area contributed by atoms with E-state index >= 15 is 0 Å². The molecule has 0 aliphatic heterocycles. The molecule has 5 nitrogen and oxygen atoms in total. The van der Waals surface area contributed by atoms with Crippen LogP contribution in [0.15, 0.2) is 72.3 Å². The minimum absolute atomic E-state index is 0.151. The number of carbonyl (C=O) groups is 2. The molecule has 0 unspecified atom stereocenters. The first-order valence-corrected chi connectivity index (χ1v) is 9.19. The van der Waals surface area contributed by atoms with Gasteiger partial charge in [0, 0.05) is 19.3 Å². The molecule has 0 saturated heterocycles. The van der Waals surface area contributed by atoms with Crippen molar-refractivity contribution in [2.75, 3.05) is 26.2 Å². The zero-order valence-corrected chi connectivity index (χ0v) is 16.7. The first-order valence-electron chi connectivity index (χ1n) is 9.19. The van der Waals surface area contributed by atoms with Gasteiger partial charge in [-0.2, -0.15) is 0 Å². The summed E-state index contributed by atoms with van der Waals surface area (Å²) in [6, 6.07) is 22.2. The molecule has 0 atom stereocenters. The zero-order valence-electron chi connectivity index (χ0n) is 16.7. The number of para-hydroxylation sites is 1. The van der Waals surface area contributed by atoms with E-state index in [9.17, 15) is 9.59 Å². The van der Waals surface area contributed by atoms with E-state index < -0.39 is 11.9 Å². The van der Waals surface area contributed by atoms with E-state index in [1.165, 1.54) is 31.1 Å². The molecule has 0 aliphatic rings. The molecule has 3 rings (SSSR count). The summed E-state index contributed by atoms with van der Waals surface area (Å²) in [6.07, 6.45) is 1.50. The number of anilines is 1. The fourth-order valence-corrected chi connectivity index (χ4v) is 3.23. The van der Waals surface area contributed by atoms with Gasteiger partial charge in [0.1, 0.15) is 5.57 Å². The Morgan fingerprint density at radius 1 is 0.862 bits per heavy atom. The molecular weight excluding hydrogens is 366 g/mol. The predicted octanol–water partition coefficient (Wildman–Crippen LogP) is 4.21. The summed E-state index contributed by atoms with van der Waals surface area (Å²) in [5.74, 6) is -1.47. The second kappa shape index (κ2) is 9.06. The van der Waals surface area contributed by atoms with Crippen LogP contribution in [0.25, 0.3) is 16.8 Å². The van der Waals surface area contributed by atoms with Crippen LogP contribution < -0.4 is 4.90 Å². The maximum atomic E-state index is 12.0. The van der Waals surface area contributed by atoms with Gasteiger partial charge in [-0.3, -0.25) is 0 Å². The van der Waals surface area contributed by atoms with Crippen LogP contribution in [-0.4, -0.2) is 33.2 Å². The van der Waals surface area contributed by atoms with Crippen molar-refractivity contribution in [2.24, 2.45) is 0 Å². The van der Waals surface area contributed by atoms with Crippen LogP contribution in [0.2, 0.25) is 0 Å². The molecule has 0 heterocycles. The third-order valence-corrected chi connectivity index (χ3v) is 4.69. The first-order chi connectivity index (χ1) is 14.0. The topological polar surface area (TPSA) is 55.8 Å². The number of benzene rings is 3. The van der Waals surface area contributed by atoms with E-state index in [-0.39, 0.29) is 5.57 Å². The second-order valence-electron chi connectivity index (χ2n) is 6.64. The summed E-state index contributed by atoms with van der Waals surface area (Å²) in [5.41, 5.74) is 2.61. The maximum absolute atomic E-state index is 12.0. The first kappa shape index (κ1) is 20.1. The number of rotatable bonds is 6. The van der Waals surface area contributed by atoms with Crippen molar-refractivity contribution in [2.45, 2.75) is 6.54 Å². The van der Waals surface area contributed by atoms with Crippen molar-refractivity contribution in [1.82, 2.24) is 0 Å². The smallest absolute Gasteiger partial charge is 0.345 e. The average molecular weight is 389 g/mol. The molecule has 0 aromatic heterocycles. The average Bonchev–Trinajstić information content (AvgIpc) is 2.76. The van der Waals surface area contributed by atoms with Crippen molar-refractivity contribution < 1.29 is 19.1 Å². The number of esters is 2. The van der Waals surface area contributed by atoms with Crippen molar-refractivity contribution in [3.8, 4) is 0 Å². The van der Waals surface area contributed by atoms with E-state index in [4.69, 9.17) is 9.47 Å². The summed E-state index contributed by atoms with van der Waals surface area (Å²) in [6.45, 7) is 0.668. The third-order valence-electron chi connectivity index (χ3n) is 4.69. The van der Waals surface area contributed by atoms with Gasteiger partial charge in [-0.05, 0) is 40.1 Å². The van der Waals surface area contributed by atoms with Crippen LogP contribution in [0.3, 0.4) is 0 Å².